The number of alkyl halides is 3. The van der Waals surface area contributed by atoms with Crippen LogP contribution in [-0.2, 0) is 11.3 Å². The van der Waals surface area contributed by atoms with Gasteiger partial charge in [0.1, 0.15) is 0 Å². The highest BCUT2D eigenvalue weighted by Gasteiger charge is 2.28. The Morgan fingerprint density at radius 1 is 1.19 bits per heavy atom. The van der Waals surface area contributed by atoms with Crippen LogP contribution in [0.1, 0.15) is 6.42 Å². The van der Waals surface area contributed by atoms with Gasteiger partial charge in [-0.1, -0.05) is 0 Å². The Morgan fingerprint density at radius 3 is 2.71 bits per heavy atom. The van der Waals surface area contributed by atoms with Crippen LogP contribution in [0, 0.1) is 0 Å². The molecular weight excluding hydrogens is 411 g/mol. The molecule has 10 heteroatoms. The third kappa shape index (κ3) is 7.71. The van der Waals surface area contributed by atoms with Crippen LogP contribution in [-0.4, -0.2) is 86.1 Å². The van der Waals surface area contributed by atoms with Gasteiger partial charge in [-0.15, -0.1) is 0 Å². The van der Waals surface area contributed by atoms with E-state index in [1.165, 1.54) is 11.9 Å². The van der Waals surface area contributed by atoms with Crippen molar-refractivity contribution in [1.29, 1.82) is 0 Å². The van der Waals surface area contributed by atoms with E-state index in [1.807, 2.05) is 30.5 Å². The molecule has 1 aromatic heterocycles. The number of carbonyl (C=O) groups is 1. The summed E-state index contributed by atoms with van der Waals surface area (Å²) in [4.78, 5) is 15.6. The van der Waals surface area contributed by atoms with Crippen LogP contribution in [0.2, 0.25) is 0 Å². The van der Waals surface area contributed by atoms with E-state index in [0.29, 0.717) is 18.7 Å². The molecule has 2 heterocycles. The van der Waals surface area contributed by atoms with Gasteiger partial charge in [-0.3, -0.25) is 9.80 Å². The summed E-state index contributed by atoms with van der Waals surface area (Å²) >= 11 is 0. The number of morpholine rings is 1. The van der Waals surface area contributed by atoms with Crippen LogP contribution in [0.4, 0.5) is 23.7 Å². The van der Waals surface area contributed by atoms with E-state index in [2.05, 4.69) is 20.1 Å². The third-order valence-corrected chi connectivity index (χ3v) is 5.24. The molecule has 1 fully saturated rings. The summed E-state index contributed by atoms with van der Waals surface area (Å²) in [6.07, 6.45) is -1.73. The molecule has 1 saturated heterocycles. The van der Waals surface area contributed by atoms with E-state index >= 15 is 0 Å². The number of nitrogens with one attached hydrogen (secondary N) is 2. The summed E-state index contributed by atoms with van der Waals surface area (Å²) in [5.41, 5.74) is 1.78. The first kappa shape index (κ1) is 23.4. The predicted octanol–water partition coefficient (Wildman–Crippen LogP) is 2.98. The minimum Gasteiger partial charge on any atom is -0.379 e. The van der Waals surface area contributed by atoms with Crippen molar-refractivity contribution in [1.82, 2.24) is 19.7 Å². The Kier molecular flexibility index (Phi) is 8.16. The number of carbonyl (C=O) groups excluding carboxylic acids is 1. The number of nitrogens with zero attached hydrogens (tertiary/aromatic N) is 3. The fraction of sp³-hybridized carbons (Fsp3) is 0.571. The zero-order valence-corrected chi connectivity index (χ0v) is 17.7. The van der Waals surface area contributed by atoms with Crippen molar-refractivity contribution in [3.05, 3.63) is 30.5 Å². The predicted molar refractivity (Wildman–Crippen MR) is 114 cm³/mol. The summed E-state index contributed by atoms with van der Waals surface area (Å²) in [5.74, 6) is 0. The molecule has 31 heavy (non-hydrogen) atoms. The fourth-order valence-corrected chi connectivity index (χ4v) is 3.66. The molecular formula is C21H30F3N5O2. The number of rotatable bonds is 9. The van der Waals surface area contributed by atoms with Crippen LogP contribution < -0.4 is 10.6 Å². The van der Waals surface area contributed by atoms with Crippen molar-refractivity contribution in [2.24, 2.45) is 0 Å². The van der Waals surface area contributed by atoms with Crippen molar-refractivity contribution in [3.63, 3.8) is 0 Å². The topological polar surface area (TPSA) is 61.8 Å². The molecule has 172 valence electrons. The monoisotopic (exact) mass is 441 g/mol. The summed E-state index contributed by atoms with van der Waals surface area (Å²) in [6, 6.07) is 7.40. The minimum atomic E-state index is -4.21. The number of halogens is 3. The standard InChI is InChI=1S/C21H30F3N5O2/c1-27(16-21(22,23)24)7-2-6-25-20(30)26-18-3-4-19-17(15-18)5-8-29(19)10-9-28-11-13-31-14-12-28/h3-5,8,15H,2,6-7,9-14,16H2,1H3,(H2,25,26,30). The highest BCUT2D eigenvalue weighted by Crippen LogP contribution is 2.21. The van der Waals surface area contributed by atoms with Gasteiger partial charge in [0.2, 0.25) is 0 Å². The molecule has 0 spiro atoms. The molecule has 0 aliphatic carbocycles. The first-order chi connectivity index (χ1) is 14.8. The van der Waals surface area contributed by atoms with Crippen LogP contribution in [0.3, 0.4) is 0 Å². The largest absolute Gasteiger partial charge is 0.401 e. The maximum atomic E-state index is 12.3. The van der Waals surface area contributed by atoms with Crippen LogP contribution >= 0.6 is 0 Å². The van der Waals surface area contributed by atoms with E-state index < -0.39 is 12.7 Å². The molecule has 2 amide bonds. The quantitative estimate of drug-likeness (QED) is 0.588. The fourth-order valence-electron chi connectivity index (χ4n) is 3.66. The number of benzene rings is 1. The van der Waals surface area contributed by atoms with Crippen molar-refractivity contribution in [2.75, 3.05) is 64.8 Å². The Hall–Kier alpha value is -2.30. The lowest BCUT2D eigenvalue weighted by atomic mass is 10.2. The molecule has 3 rings (SSSR count). The number of hydrogen-bond acceptors (Lipinski definition) is 4. The number of hydrogen-bond donors (Lipinski definition) is 2. The van der Waals surface area contributed by atoms with Gasteiger partial charge in [0.25, 0.3) is 0 Å². The first-order valence-electron chi connectivity index (χ1n) is 10.5. The third-order valence-electron chi connectivity index (χ3n) is 5.24. The zero-order chi connectivity index (χ0) is 22.3. The molecule has 0 radical (unpaired) electrons. The molecule has 2 N–H and O–H groups in total. The summed E-state index contributed by atoms with van der Waals surface area (Å²) in [7, 11) is 1.41. The Bertz CT molecular complexity index is 849. The summed E-state index contributed by atoms with van der Waals surface area (Å²) in [5, 5.41) is 6.49. The molecule has 0 atom stereocenters. The van der Waals surface area contributed by atoms with Crippen molar-refractivity contribution in [3.8, 4) is 0 Å². The first-order valence-corrected chi connectivity index (χ1v) is 10.5. The van der Waals surface area contributed by atoms with Crippen molar-refractivity contribution < 1.29 is 22.7 Å². The van der Waals surface area contributed by atoms with Gasteiger partial charge >= 0.3 is 12.2 Å². The highest BCUT2D eigenvalue weighted by atomic mass is 19.4. The second-order valence-corrected chi connectivity index (χ2v) is 7.82. The van der Waals surface area contributed by atoms with E-state index in [0.717, 1.165) is 50.3 Å². The van der Waals surface area contributed by atoms with Gasteiger partial charge < -0.3 is 19.9 Å². The molecule has 1 aliphatic heterocycles. The number of fused-ring (bicyclic) bond motifs is 1. The highest BCUT2D eigenvalue weighted by molar-refractivity contribution is 5.92. The molecule has 0 unspecified atom stereocenters. The van der Waals surface area contributed by atoms with E-state index in [-0.39, 0.29) is 12.6 Å². The SMILES string of the molecule is CN(CCCNC(=O)Nc1ccc2c(ccn2CCN2CCOCC2)c1)CC(F)(F)F. The maximum absolute atomic E-state index is 12.3. The smallest absolute Gasteiger partial charge is 0.379 e. The molecule has 1 aromatic carbocycles. The molecule has 0 bridgehead atoms. The lowest BCUT2D eigenvalue weighted by molar-refractivity contribution is -0.143. The number of aromatic nitrogens is 1. The van der Waals surface area contributed by atoms with Gasteiger partial charge in [-0.25, -0.2) is 4.79 Å². The van der Waals surface area contributed by atoms with Gasteiger partial charge in [-0.05, 0) is 44.3 Å². The van der Waals surface area contributed by atoms with Crippen molar-refractivity contribution >= 4 is 22.6 Å². The zero-order valence-electron chi connectivity index (χ0n) is 17.7. The molecule has 0 saturated carbocycles. The Balaban J connectivity index is 1.42. The average Bonchev–Trinajstić information content (AvgIpc) is 3.11. The van der Waals surface area contributed by atoms with Gasteiger partial charge in [0.05, 0.1) is 19.8 Å². The Morgan fingerprint density at radius 2 is 1.97 bits per heavy atom. The number of amides is 2. The second kappa shape index (κ2) is 10.8. The lowest BCUT2D eigenvalue weighted by Crippen LogP contribution is -2.38. The second-order valence-electron chi connectivity index (χ2n) is 7.82. The molecule has 7 nitrogen and oxygen atoms in total. The minimum absolute atomic E-state index is 0.254. The number of urea groups is 1. The van der Waals surface area contributed by atoms with Gasteiger partial charge in [0.15, 0.2) is 0 Å². The normalized spacial score (nSPS) is 15.5. The van der Waals surface area contributed by atoms with Gasteiger partial charge in [0, 0.05) is 55.5 Å². The molecule has 2 aromatic rings. The van der Waals surface area contributed by atoms with Crippen molar-refractivity contribution in [2.45, 2.75) is 19.1 Å². The Labute approximate surface area is 180 Å². The summed E-state index contributed by atoms with van der Waals surface area (Å²) < 4.78 is 44.5. The van der Waals surface area contributed by atoms with E-state index in [9.17, 15) is 18.0 Å². The van der Waals surface area contributed by atoms with Gasteiger partial charge in [-0.2, -0.15) is 13.2 Å². The van der Waals surface area contributed by atoms with Crippen LogP contribution in [0.5, 0.6) is 0 Å². The number of ether oxygens (including phenoxy) is 1. The summed E-state index contributed by atoms with van der Waals surface area (Å²) in [6.45, 7) is 4.94. The van der Waals surface area contributed by atoms with E-state index in [4.69, 9.17) is 4.74 Å². The maximum Gasteiger partial charge on any atom is 0.401 e. The van der Waals surface area contributed by atoms with Crippen LogP contribution in [0.25, 0.3) is 10.9 Å². The lowest BCUT2D eigenvalue weighted by Gasteiger charge is -2.26. The number of anilines is 1. The van der Waals surface area contributed by atoms with E-state index in [1.54, 1.807) is 0 Å². The molecule has 1 aliphatic rings. The average molecular weight is 441 g/mol. The van der Waals surface area contributed by atoms with Crippen LogP contribution in [0.15, 0.2) is 30.5 Å².